The highest BCUT2D eigenvalue weighted by Gasteiger charge is 2.23. The number of carbonyl (C=O) groups excluding carboxylic acids is 1. The third-order valence-electron chi connectivity index (χ3n) is 7.80. The summed E-state index contributed by atoms with van der Waals surface area (Å²) in [6.45, 7) is 4.63. The summed E-state index contributed by atoms with van der Waals surface area (Å²) in [6.07, 6.45) is 17.0. The van der Waals surface area contributed by atoms with Gasteiger partial charge in [-0.05, 0) is 48.1 Å². The molecule has 3 aromatic rings. The van der Waals surface area contributed by atoms with Crippen molar-refractivity contribution >= 4 is 5.97 Å². The molecule has 0 aliphatic rings. The average Bonchev–Trinajstić information content (AvgIpc) is 2.98. The maximum absolute atomic E-state index is 16.1. The first-order valence-corrected chi connectivity index (χ1v) is 15.9. The van der Waals surface area contributed by atoms with E-state index in [1.54, 1.807) is 12.1 Å². The third-order valence-corrected chi connectivity index (χ3v) is 7.80. The second-order valence-electron chi connectivity index (χ2n) is 11.2. The monoisotopic (exact) mass is 562 g/mol. The molecule has 0 saturated carbocycles. The number of rotatable bonds is 19. The Labute approximate surface area is 246 Å². The van der Waals surface area contributed by atoms with Crippen molar-refractivity contribution in [2.24, 2.45) is 0 Å². The smallest absolute Gasteiger partial charge is 0.341 e. The summed E-state index contributed by atoms with van der Waals surface area (Å²) >= 11 is 0. The Balaban J connectivity index is 1.72. The topological polar surface area (TPSA) is 26.3 Å². The summed E-state index contributed by atoms with van der Waals surface area (Å²) in [4.78, 5) is 12.8. The molecule has 41 heavy (non-hydrogen) atoms. The predicted molar refractivity (Wildman–Crippen MR) is 167 cm³/mol. The first-order valence-electron chi connectivity index (χ1n) is 15.9. The van der Waals surface area contributed by atoms with Gasteiger partial charge >= 0.3 is 5.97 Å². The minimum absolute atomic E-state index is 0.0979. The fraction of sp³-hybridized carbons (Fsp3) is 0.486. The Morgan fingerprint density at radius 3 is 1.88 bits per heavy atom. The first-order chi connectivity index (χ1) is 20.1. The molecule has 0 unspecified atom stereocenters. The lowest BCUT2D eigenvalue weighted by Crippen LogP contribution is -2.10. The van der Waals surface area contributed by atoms with Crippen LogP contribution in [0.5, 0.6) is 0 Å². The molecular weight excluding hydrogens is 514 g/mol. The molecule has 0 amide bonds. The molecule has 4 heteroatoms. The Hall–Kier alpha value is -3.01. The Morgan fingerprint density at radius 2 is 1.24 bits per heavy atom. The van der Waals surface area contributed by atoms with Crippen LogP contribution < -0.4 is 0 Å². The van der Waals surface area contributed by atoms with Gasteiger partial charge in [-0.3, -0.25) is 0 Å². The lowest BCUT2D eigenvalue weighted by molar-refractivity contribution is 0.0492. The summed E-state index contributed by atoms with van der Waals surface area (Å²) in [5, 5.41) is 0. The Morgan fingerprint density at radius 1 is 0.659 bits per heavy atom. The van der Waals surface area contributed by atoms with Crippen LogP contribution in [0, 0.1) is 11.6 Å². The second-order valence-corrected chi connectivity index (χ2v) is 11.2. The largest absolute Gasteiger partial charge is 0.462 e. The summed E-state index contributed by atoms with van der Waals surface area (Å²) in [5.41, 5.74) is 2.31. The molecule has 0 N–H and O–H groups in total. The number of unbranched alkanes of at least 4 members (excludes halogenated alkanes) is 12. The van der Waals surface area contributed by atoms with E-state index in [1.807, 2.05) is 36.4 Å². The maximum atomic E-state index is 16.1. The van der Waals surface area contributed by atoms with Crippen molar-refractivity contribution < 1.29 is 18.3 Å². The maximum Gasteiger partial charge on any atom is 0.341 e. The number of ether oxygens (including phenoxy) is 1. The highest BCUT2D eigenvalue weighted by Crippen LogP contribution is 2.37. The van der Waals surface area contributed by atoms with Gasteiger partial charge in [0.2, 0.25) is 0 Å². The van der Waals surface area contributed by atoms with Crippen LogP contribution in [-0.4, -0.2) is 12.6 Å². The average molecular weight is 563 g/mol. The Kier molecular flexibility index (Phi) is 14.6. The van der Waals surface area contributed by atoms with Crippen LogP contribution in [0.1, 0.15) is 120 Å². The summed E-state index contributed by atoms with van der Waals surface area (Å²) in [6, 6.07) is 17.6. The number of esters is 1. The van der Waals surface area contributed by atoms with Gasteiger partial charge < -0.3 is 4.74 Å². The van der Waals surface area contributed by atoms with Crippen LogP contribution in [0.15, 0.2) is 60.7 Å². The quantitative estimate of drug-likeness (QED) is 0.107. The highest BCUT2D eigenvalue weighted by molar-refractivity contribution is 5.95. The van der Waals surface area contributed by atoms with Gasteiger partial charge in [0.15, 0.2) is 0 Å². The normalized spacial score (nSPS) is 11.1. The van der Waals surface area contributed by atoms with Gasteiger partial charge in [0.25, 0.3) is 0 Å². The summed E-state index contributed by atoms with van der Waals surface area (Å²) in [5.74, 6) is -1.93. The number of benzene rings is 3. The molecule has 0 bridgehead atoms. The molecule has 2 nitrogen and oxygen atoms in total. The molecular formula is C37H48F2O2. The van der Waals surface area contributed by atoms with E-state index in [-0.39, 0.29) is 23.3 Å². The molecule has 0 atom stereocenters. The predicted octanol–water partition coefficient (Wildman–Crippen LogP) is 11.5. The van der Waals surface area contributed by atoms with Crippen molar-refractivity contribution in [3.8, 4) is 22.3 Å². The molecule has 0 heterocycles. The lowest BCUT2D eigenvalue weighted by atomic mass is 9.91. The van der Waals surface area contributed by atoms with Crippen LogP contribution in [0.4, 0.5) is 8.78 Å². The van der Waals surface area contributed by atoms with E-state index in [0.717, 1.165) is 62.5 Å². The molecule has 0 radical (unpaired) electrons. The molecule has 3 rings (SSSR count). The van der Waals surface area contributed by atoms with Crippen molar-refractivity contribution in [3.05, 3.63) is 83.4 Å². The molecule has 0 aromatic heterocycles. The minimum Gasteiger partial charge on any atom is -0.462 e. The van der Waals surface area contributed by atoms with Crippen molar-refractivity contribution in [2.75, 3.05) is 6.61 Å². The third kappa shape index (κ3) is 10.4. The lowest BCUT2D eigenvalue weighted by Gasteiger charge is -2.16. The van der Waals surface area contributed by atoms with E-state index in [0.29, 0.717) is 5.56 Å². The van der Waals surface area contributed by atoms with Crippen molar-refractivity contribution in [1.29, 1.82) is 0 Å². The van der Waals surface area contributed by atoms with Gasteiger partial charge in [-0.25, -0.2) is 13.6 Å². The minimum atomic E-state index is -0.743. The number of hydrogen-bond acceptors (Lipinski definition) is 2. The van der Waals surface area contributed by atoms with Gasteiger partial charge in [-0.1, -0.05) is 139 Å². The van der Waals surface area contributed by atoms with Crippen LogP contribution in [0.3, 0.4) is 0 Å². The number of halogens is 2. The summed E-state index contributed by atoms with van der Waals surface area (Å²) < 4.78 is 37.1. The molecule has 222 valence electrons. The summed E-state index contributed by atoms with van der Waals surface area (Å²) in [7, 11) is 0. The number of aryl methyl sites for hydroxylation is 1. The molecule has 0 saturated heterocycles. The van der Waals surface area contributed by atoms with Crippen LogP contribution >= 0.6 is 0 Å². The van der Waals surface area contributed by atoms with Crippen LogP contribution in [0.2, 0.25) is 0 Å². The zero-order chi connectivity index (χ0) is 29.3. The second kappa shape index (κ2) is 18.4. The van der Waals surface area contributed by atoms with Crippen LogP contribution in [-0.2, 0) is 11.2 Å². The zero-order valence-electron chi connectivity index (χ0n) is 25.2. The highest BCUT2D eigenvalue weighted by atomic mass is 19.1. The van der Waals surface area contributed by atoms with Gasteiger partial charge in [0.1, 0.15) is 11.6 Å². The van der Waals surface area contributed by atoms with Crippen molar-refractivity contribution in [3.63, 3.8) is 0 Å². The van der Waals surface area contributed by atoms with E-state index in [9.17, 15) is 4.79 Å². The fourth-order valence-corrected chi connectivity index (χ4v) is 5.36. The van der Waals surface area contributed by atoms with Crippen LogP contribution in [0.25, 0.3) is 22.3 Å². The van der Waals surface area contributed by atoms with Gasteiger partial charge in [0, 0.05) is 11.1 Å². The van der Waals surface area contributed by atoms with Crippen molar-refractivity contribution in [1.82, 2.24) is 0 Å². The number of carbonyl (C=O) groups is 1. The number of hydrogen-bond donors (Lipinski definition) is 0. The first kappa shape index (κ1) is 32.5. The molecule has 0 aliphatic carbocycles. The van der Waals surface area contributed by atoms with E-state index < -0.39 is 17.6 Å². The zero-order valence-corrected chi connectivity index (χ0v) is 25.2. The van der Waals surface area contributed by atoms with E-state index in [2.05, 4.69) is 13.8 Å². The molecule has 0 spiro atoms. The SMILES string of the molecule is CCCCCCCCCCCc1ccc(-c2c(-c3ccccc3)ccc(C(=O)OCCCCCCC)c2F)c(F)c1. The van der Waals surface area contributed by atoms with Crippen molar-refractivity contribution in [2.45, 2.75) is 110 Å². The fourth-order valence-electron chi connectivity index (χ4n) is 5.36. The van der Waals surface area contributed by atoms with Gasteiger partial charge in [-0.2, -0.15) is 0 Å². The molecule has 0 aliphatic heterocycles. The molecule has 3 aromatic carbocycles. The van der Waals surface area contributed by atoms with E-state index >= 15 is 8.78 Å². The standard InChI is InChI=1S/C37H48F2O2/c1-3-5-7-9-10-11-12-13-16-20-29-23-24-32(34(38)28-29)35-31(30-21-17-15-18-22-30)25-26-33(36(35)39)37(40)41-27-19-14-8-6-4-2/h15,17-18,21-26,28H,3-14,16,19-20,27H2,1-2H3. The van der Waals surface area contributed by atoms with Gasteiger partial charge in [-0.15, -0.1) is 0 Å². The molecule has 0 fully saturated rings. The van der Waals surface area contributed by atoms with E-state index in [4.69, 9.17) is 4.74 Å². The van der Waals surface area contributed by atoms with Gasteiger partial charge in [0.05, 0.1) is 12.2 Å². The van der Waals surface area contributed by atoms with E-state index in [1.165, 1.54) is 57.1 Å². The Bertz CT molecular complexity index is 1190.